The number of nitrogens with one attached hydrogen (secondary N) is 2. The van der Waals surface area contributed by atoms with Gasteiger partial charge >= 0.3 is 0 Å². The number of guanidine groups is 1. The lowest BCUT2D eigenvalue weighted by molar-refractivity contribution is 0.0323. The van der Waals surface area contributed by atoms with Crippen molar-refractivity contribution < 1.29 is 4.74 Å². The number of aliphatic imine (C=N–C) groups is 1. The van der Waals surface area contributed by atoms with Crippen LogP contribution in [0.5, 0.6) is 0 Å². The maximum Gasteiger partial charge on any atom is 0.191 e. The van der Waals surface area contributed by atoms with Crippen LogP contribution >= 0.6 is 24.0 Å². The van der Waals surface area contributed by atoms with Crippen LogP contribution in [0.4, 0.5) is 0 Å². The summed E-state index contributed by atoms with van der Waals surface area (Å²) in [6.45, 7) is 14.5. The molecule has 0 aliphatic carbocycles. The molecular weight excluding hydrogens is 489 g/mol. The van der Waals surface area contributed by atoms with Crippen LogP contribution in [0.1, 0.15) is 32.3 Å². The minimum absolute atomic E-state index is 0. The standard InChI is InChI=1S/C23H39N5O.HI/c1-3-24-23(25-17-20(2)18-28-13-15-29-16-14-28)26-22-9-11-27(12-10-22)19-21-7-5-4-6-8-21;/h4-8,20,22H,3,9-19H2,1-2H3,(H2,24,25,26);1H. The van der Waals surface area contributed by atoms with Crippen molar-refractivity contribution in [2.45, 2.75) is 39.3 Å². The number of halogens is 1. The second-order valence-electron chi connectivity index (χ2n) is 8.42. The summed E-state index contributed by atoms with van der Waals surface area (Å²) < 4.78 is 5.44. The Balaban J connectivity index is 0.00000320. The highest BCUT2D eigenvalue weighted by Gasteiger charge is 2.20. The van der Waals surface area contributed by atoms with E-state index in [1.54, 1.807) is 0 Å². The zero-order valence-electron chi connectivity index (χ0n) is 18.7. The Morgan fingerprint density at radius 1 is 1.10 bits per heavy atom. The van der Waals surface area contributed by atoms with Gasteiger partial charge < -0.3 is 15.4 Å². The Kier molecular flexibility index (Phi) is 12.0. The van der Waals surface area contributed by atoms with Crippen LogP contribution < -0.4 is 10.6 Å². The van der Waals surface area contributed by atoms with Crippen molar-refractivity contribution in [2.24, 2.45) is 10.9 Å². The van der Waals surface area contributed by atoms with Gasteiger partial charge in [-0.05, 0) is 31.2 Å². The minimum Gasteiger partial charge on any atom is -0.379 e. The van der Waals surface area contributed by atoms with Gasteiger partial charge in [0.25, 0.3) is 0 Å². The highest BCUT2D eigenvalue weighted by atomic mass is 127. The number of hydrogen-bond acceptors (Lipinski definition) is 4. The normalized spacial score (nSPS) is 20.4. The molecule has 7 heteroatoms. The van der Waals surface area contributed by atoms with Crippen LogP contribution in [-0.2, 0) is 11.3 Å². The molecule has 30 heavy (non-hydrogen) atoms. The van der Waals surface area contributed by atoms with E-state index in [9.17, 15) is 0 Å². The number of ether oxygens (including phenoxy) is 1. The van der Waals surface area contributed by atoms with Crippen LogP contribution in [0.25, 0.3) is 0 Å². The third-order valence-corrected chi connectivity index (χ3v) is 5.76. The largest absolute Gasteiger partial charge is 0.379 e. The third kappa shape index (κ3) is 9.08. The Morgan fingerprint density at radius 3 is 2.47 bits per heavy atom. The van der Waals surface area contributed by atoms with Crippen molar-refractivity contribution in [1.29, 1.82) is 0 Å². The first kappa shape index (κ1) is 25.4. The van der Waals surface area contributed by atoms with Crippen molar-refractivity contribution >= 4 is 29.9 Å². The van der Waals surface area contributed by atoms with Gasteiger partial charge in [-0.3, -0.25) is 14.8 Å². The molecule has 0 radical (unpaired) electrons. The molecular formula is C23H40IN5O. The summed E-state index contributed by atoms with van der Waals surface area (Å²) in [5.74, 6) is 1.53. The summed E-state index contributed by atoms with van der Waals surface area (Å²) in [7, 11) is 0. The van der Waals surface area contributed by atoms with Crippen molar-refractivity contribution in [3.05, 3.63) is 35.9 Å². The molecule has 0 spiro atoms. The van der Waals surface area contributed by atoms with Gasteiger partial charge in [0.2, 0.25) is 0 Å². The molecule has 0 amide bonds. The van der Waals surface area contributed by atoms with Crippen LogP contribution in [-0.4, -0.2) is 80.8 Å². The number of likely N-dealkylation sites (tertiary alicyclic amines) is 1. The number of benzene rings is 1. The van der Waals surface area contributed by atoms with Gasteiger partial charge in [0.05, 0.1) is 13.2 Å². The first-order valence-electron chi connectivity index (χ1n) is 11.3. The molecule has 1 atom stereocenters. The van der Waals surface area contributed by atoms with Gasteiger partial charge in [-0.1, -0.05) is 37.3 Å². The summed E-state index contributed by atoms with van der Waals surface area (Å²) in [5.41, 5.74) is 1.41. The second kappa shape index (κ2) is 14.2. The molecule has 2 fully saturated rings. The average Bonchev–Trinajstić information content (AvgIpc) is 2.75. The van der Waals surface area contributed by atoms with E-state index in [0.717, 1.165) is 71.5 Å². The summed E-state index contributed by atoms with van der Waals surface area (Å²) >= 11 is 0. The number of rotatable bonds is 8. The molecule has 3 rings (SSSR count). The van der Waals surface area contributed by atoms with Crippen LogP contribution in [0.15, 0.2) is 35.3 Å². The van der Waals surface area contributed by atoms with E-state index in [1.165, 1.54) is 18.4 Å². The molecule has 2 heterocycles. The van der Waals surface area contributed by atoms with E-state index in [2.05, 4.69) is 64.6 Å². The molecule has 1 unspecified atom stereocenters. The molecule has 2 aliphatic heterocycles. The first-order valence-corrected chi connectivity index (χ1v) is 11.3. The lowest BCUT2D eigenvalue weighted by Gasteiger charge is -2.33. The summed E-state index contributed by atoms with van der Waals surface area (Å²) in [6.07, 6.45) is 2.33. The van der Waals surface area contributed by atoms with E-state index in [-0.39, 0.29) is 24.0 Å². The van der Waals surface area contributed by atoms with Crippen LogP contribution in [0, 0.1) is 5.92 Å². The zero-order chi connectivity index (χ0) is 20.3. The molecule has 2 saturated heterocycles. The Labute approximate surface area is 199 Å². The molecule has 1 aromatic carbocycles. The van der Waals surface area contributed by atoms with Crippen molar-refractivity contribution in [2.75, 3.05) is 59.0 Å². The van der Waals surface area contributed by atoms with E-state index >= 15 is 0 Å². The molecule has 2 aliphatic rings. The van der Waals surface area contributed by atoms with Crippen molar-refractivity contribution in [1.82, 2.24) is 20.4 Å². The highest BCUT2D eigenvalue weighted by molar-refractivity contribution is 14.0. The molecule has 2 N–H and O–H groups in total. The maximum absolute atomic E-state index is 5.44. The van der Waals surface area contributed by atoms with Gasteiger partial charge in [-0.2, -0.15) is 0 Å². The van der Waals surface area contributed by atoms with Gasteiger partial charge in [0.1, 0.15) is 0 Å². The fraction of sp³-hybridized carbons (Fsp3) is 0.696. The number of piperidine rings is 1. The first-order chi connectivity index (χ1) is 14.2. The van der Waals surface area contributed by atoms with Gasteiger partial charge in [0, 0.05) is 58.4 Å². The number of nitrogens with zero attached hydrogens (tertiary/aromatic N) is 3. The number of hydrogen-bond donors (Lipinski definition) is 2. The van der Waals surface area contributed by atoms with E-state index in [0.29, 0.717) is 12.0 Å². The summed E-state index contributed by atoms with van der Waals surface area (Å²) in [6, 6.07) is 11.3. The minimum atomic E-state index is 0. The second-order valence-corrected chi connectivity index (χ2v) is 8.42. The lowest BCUT2D eigenvalue weighted by Crippen LogP contribution is -2.48. The predicted molar refractivity (Wildman–Crippen MR) is 136 cm³/mol. The van der Waals surface area contributed by atoms with Crippen molar-refractivity contribution in [3.8, 4) is 0 Å². The molecule has 0 bridgehead atoms. The molecule has 170 valence electrons. The monoisotopic (exact) mass is 529 g/mol. The quantitative estimate of drug-likeness (QED) is 0.308. The Morgan fingerprint density at radius 2 is 1.80 bits per heavy atom. The van der Waals surface area contributed by atoms with E-state index in [1.807, 2.05) is 0 Å². The Bertz CT molecular complexity index is 601. The Hall–Kier alpha value is -0.900. The predicted octanol–water partition coefficient (Wildman–Crippen LogP) is 2.79. The van der Waals surface area contributed by atoms with E-state index < -0.39 is 0 Å². The van der Waals surface area contributed by atoms with Crippen LogP contribution in [0.3, 0.4) is 0 Å². The lowest BCUT2D eigenvalue weighted by atomic mass is 10.0. The number of morpholine rings is 1. The maximum atomic E-state index is 5.44. The molecule has 6 nitrogen and oxygen atoms in total. The average molecular weight is 530 g/mol. The highest BCUT2D eigenvalue weighted by Crippen LogP contribution is 2.14. The molecule has 0 saturated carbocycles. The van der Waals surface area contributed by atoms with Crippen LogP contribution in [0.2, 0.25) is 0 Å². The third-order valence-electron chi connectivity index (χ3n) is 5.76. The fourth-order valence-electron chi connectivity index (χ4n) is 4.12. The topological polar surface area (TPSA) is 52.1 Å². The molecule has 0 aromatic heterocycles. The SMILES string of the molecule is CCNC(=NCC(C)CN1CCOCC1)NC1CCN(Cc2ccccc2)CC1.I. The fourth-order valence-corrected chi connectivity index (χ4v) is 4.12. The smallest absolute Gasteiger partial charge is 0.191 e. The molecule has 1 aromatic rings. The van der Waals surface area contributed by atoms with Gasteiger partial charge in [-0.15, -0.1) is 24.0 Å². The van der Waals surface area contributed by atoms with Gasteiger partial charge in [-0.25, -0.2) is 0 Å². The van der Waals surface area contributed by atoms with Crippen molar-refractivity contribution in [3.63, 3.8) is 0 Å². The van der Waals surface area contributed by atoms with Gasteiger partial charge in [0.15, 0.2) is 5.96 Å². The zero-order valence-corrected chi connectivity index (χ0v) is 21.0. The van der Waals surface area contributed by atoms with E-state index in [4.69, 9.17) is 9.73 Å². The summed E-state index contributed by atoms with van der Waals surface area (Å²) in [5, 5.41) is 7.11. The summed E-state index contributed by atoms with van der Waals surface area (Å²) in [4.78, 5) is 9.93.